The zero-order chi connectivity index (χ0) is 24.2. The Morgan fingerprint density at radius 2 is 1.71 bits per heavy atom. The van der Waals surface area contributed by atoms with Crippen LogP contribution in [0, 0.1) is 5.82 Å². The van der Waals surface area contributed by atoms with E-state index in [0.29, 0.717) is 28.8 Å². The van der Waals surface area contributed by atoms with Gasteiger partial charge in [0.25, 0.3) is 5.56 Å². The summed E-state index contributed by atoms with van der Waals surface area (Å²) in [7, 11) is 1.62. The molecule has 174 valence electrons. The number of aromatic nitrogens is 2. The number of anilines is 1. The fourth-order valence-corrected chi connectivity index (χ4v) is 4.04. The molecule has 1 atom stereocenters. The molecule has 1 unspecified atom stereocenters. The van der Waals surface area contributed by atoms with E-state index in [-0.39, 0.29) is 11.2 Å². The monoisotopic (exact) mass is 458 g/mol. The quantitative estimate of drug-likeness (QED) is 0.403. The minimum absolute atomic E-state index is 0.0909. The molecule has 0 saturated carbocycles. The smallest absolute Gasteiger partial charge is 0.317 e. The molecule has 6 nitrogen and oxygen atoms in total. The summed E-state index contributed by atoms with van der Waals surface area (Å²) in [5.41, 5.74) is 2.28. The van der Waals surface area contributed by atoms with Gasteiger partial charge in [0, 0.05) is 7.05 Å². The third-order valence-corrected chi connectivity index (χ3v) is 5.99. The van der Waals surface area contributed by atoms with E-state index >= 15 is 0 Å². The molecule has 0 saturated heterocycles. The molecule has 0 radical (unpaired) electrons. The Bertz CT molecular complexity index is 1380. The van der Waals surface area contributed by atoms with Gasteiger partial charge in [0.15, 0.2) is 0 Å². The SMILES string of the molecule is CCc1ccc(-n2c(C(CC)N(C)C(=O)Nc3ccccc3F)nc3ccccc3c2=O)cc1. The number of carbonyl (C=O) groups is 1. The van der Waals surface area contributed by atoms with Crippen molar-refractivity contribution < 1.29 is 9.18 Å². The molecule has 1 heterocycles. The van der Waals surface area contributed by atoms with Crippen LogP contribution in [-0.2, 0) is 6.42 Å². The number of para-hydroxylation sites is 2. The van der Waals surface area contributed by atoms with Gasteiger partial charge in [-0.2, -0.15) is 0 Å². The maximum absolute atomic E-state index is 14.1. The lowest BCUT2D eigenvalue weighted by Crippen LogP contribution is -2.38. The molecule has 0 aliphatic rings. The van der Waals surface area contributed by atoms with E-state index in [9.17, 15) is 14.0 Å². The minimum Gasteiger partial charge on any atom is -0.317 e. The molecule has 0 spiro atoms. The standard InChI is InChI=1S/C27H27FN4O2/c1-4-18-14-16-19(17-15-18)32-25(29-22-12-8-6-10-20(22)26(32)33)24(5-2)31(3)27(34)30-23-13-9-7-11-21(23)28/h6-17,24H,4-5H2,1-3H3,(H,30,34). The number of halogens is 1. The normalized spacial score (nSPS) is 11.9. The molecule has 7 heteroatoms. The van der Waals surface area contributed by atoms with E-state index in [0.717, 1.165) is 12.0 Å². The second kappa shape index (κ2) is 9.87. The third-order valence-electron chi connectivity index (χ3n) is 5.99. The van der Waals surface area contributed by atoms with Gasteiger partial charge in [-0.15, -0.1) is 0 Å². The fraction of sp³-hybridized carbons (Fsp3) is 0.222. The van der Waals surface area contributed by atoms with Gasteiger partial charge >= 0.3 is 6.03 Å². The lowest BCUT2D eigenvalue weighted by molar-refractivity contribution is 0.199. The summed E-state index contributed by atoms with van der Waals surface area (Å²) in [6.45, 7) is 3.99. The molecular formula is C27H27FN4O2. The minimum atomic E-state index is -0.532. The Kier molecular flexibility index (Phi) is 6.72. The van der Waals surface area contributed by atoms with Crippen molar-refractivity contribution in [1.29, 1.82) is 0 Å². The Hall–Kier alpha value is -4.00. The molecule has 4 rings (SSSR count). The fourth-order valence-electron chi connectivity index (χ4n) is 4.04. The summed E-state index contributed by atoms with van der Waals surface area (Å²) in [6.07, 6.45) is 1.38. The topological polar surface area (TPSA) is 67.2 Å². The highest BCUT2D eigenvalue weighted by atomic mass is 19.1. The maximum atomic E-state index is 14.1. The van der Waals surface area contributed by atoms with Crippen molar-refractivity contribution in [3.05, 3.63) is 100 Å². The number of carbonyl (C=O) groups excluding carboxylic acids is 1. The number of rotatable bonds is 6. The van der Waals surface area contributed by atoms with E-state index in [4.69, 9.17) is 4.98 Å². The first-order valence-electron chi connectivity index (χ1n) is 11.3. The summed E-state index contributed by atoms with van der Waals surface area (Å²) >= 11 is 0. The second-order valence-electron chi connectivity index (χ2n) is 8.09. The predicted molar refractivity (Wildman–Crippen MR) is 133 cm³/mol. The number of nitrogens with one attached hydrogen (secondary N) is 1. The number of nitrogens with zero attached hydrogens (tertiary/aromatic N) is 3. The Morgan fingerprint density at radius 3 is 2.38 bits per heavy atom. The molecule has 0 aliphatic heterocycles. The average Bonchev–Trinajstić information content (AvgIpc) is 2.86. The molecule has 0 fully saturated rings. The highest BCUT2D eigenvalue weighted by Crippen LogP contribution is 2.26. The van der Waals surface area contributed by atoms with Crippen LogP contribution in [0.4, 0.5) is 14.9 Å². The first-order chi connectivity index (χ1) is 16.4. The molecule has 1 N–H and O–H groups in total. The summed E-state index contributed by atoms with van der Waals surface area (Å²) in [4.78, 5) is 32.9. The van der Waals surface area contributed by atoms with Crippen LogP contribution < -0.4 is 10.9 Å². The van der Waals surface area contributed by atoms with E-state index in [1.54, 1.807) is 41.9 Å². The molecule has 34 heavy (non-hydrogen) atoms. The van der Waals surface area contributed by atoms with E-state index in [2.05, 4.69) is 12.2 Å². The predicted octanol–water partition coefficient (Wildman–Crippen LogP) is 5.70. The first kappa shape index (κ1) is 23.2. The van der Waals surface area contributed by atoms with Crippen LogP contribution in [0.2, 0.25) is 0 Å². The van der Waals surface area contributed by atoms with Gasteiger partial charge in [-0.05, 0) is 54.8 Å². The van der Waals surface area contributed by atoms with Crippen LogP contribution in [0.15, 0.2) is 77.6 Å². The van der Waals surface area contributed by atoms with Crippen LogP contribution in [-0.4, -0.2) is 27.5 Å². The van der Waals surface area contributed by atoms with Crippen molar-refractivity contribution in [1.82, 2.24) is 14.5 Å². The first-order valence-corrected chi connectivity index (χ1v) is 11.3. The van der Waals surface area contributed by atoms with Gasteiger partial charge in [0.1, 0.15) is 11.6 Å². The number of hydrogen-bond donors (Lipinski definition) is 1. The van der Waals surface area contributed by atoms with Gasteiger partial charge in [0.05, 0.1) is 28.3 Å². The average molecular weight is 459 g/mol. The van der Waals surface area contributed by atoms with Crippen molar-refractivity contribution in [2.24, 2.45) is 0 Å². The third kappa shape index (κ3) is 4.41. The van der Waals surface area contributed by atoms with Crippen LogP contribution in [0.25, 0.3) is 16.6 Å². The van der Waals surface area contributed by atoms with Gasteiger partial charge in [-0.1, -0.05) is 50.2 Å². The summed E-state index contributed by atoms with van der Waals surface area (Å²) in [6, 6.07) is 19.9. The molecule has 1 aromatic heterocycles. The van der Waals surface area contributed by atoms with Crippen molar-refractivity contribution in [3.63, 3.8) is 0 Å². The molecule has 2 amide bonds. The molecule has 0 aliphatic carbocycles. The second-order valence-corrected chi connectivity index (χ2v) is 8.09. The summed E-state index contributed by atoms with van der Waals surface area (Å²) in [5.74, 6) is -0.0734. The van der Waals surface area contributed by atoms with Crippen molar-refractivity contribution in [3.8, 4) is 5.69 Å². The van der Waals surface area contributed by atoms with Crippen molar-refractivity contribution >= 4 is 22.6 Å². The Morgan fingerprint density at radius 1 is 1.03 bits per heavy atom. The van der Waals surface area contributed by atoms with Crippen molar-refractivity contribution in [2.45, 2.75) is 32.7 Å². The zero-order valence-electron chi connectivity index (χ0n) is 19.5. The summed E-state index contributed by atoms with van der Waals surface area (Å²) < 4.78 is 15.7. The van der Waals surface area contributed by atoms with Crippen LogP contribution in [0.3, 0.4) is 0 Å². The van der Waals surface area contributed by atoms with Crippen LogP contribution >= 0.6 is 0 Å². The molecular weight excluding hydrogens is 431 g/mol. The van der Waals surface area contributed by atoms with Gasteiger partial charge in [0.2, 0.25) is 0 Å². The number of hydrogen-bond acceptors (Lipinski definition) is 3. The Balaban J connectivity index is 1.82. The van der Waals surface area contributed by atoms with Gasteiger partial charge in [-0.25, -0.2) is 14.2 Å². The Labute approximate surface area is 197 Å². The maximum Gasteiger partial charge on any atom is 0.322 e. The molecule has 4 aromatic rings. The van der Waals surface area contributed by atoms with Gasteiger partial charge < -0.3 is 10.2 Å². The number of urea groups is 1. The van der Waals surface area contributed by atoms with E-state index < -0.39 is 17.9 Å². The lowest BCUT2D eigenvalue weighted by atomic mass is 10.1. The number of amides is 2. The van der Waals surface area contributed by atoms with Crippen LogP contribution in [0.5, 0.6) is 0 Å². The molecule has 0 bridgehead atoms. The largest absolute Gasteiger partial charge is 0.322 e. The van der Waals surface area contributed by atoms with Crippen molar-refractivity contribution in [2.75, 3.05) is 12.4 Å². The van der Waals surface area contributed by atoms with Gasteiger partial charge in [-0.3, -0.25) is 9.36 Å². The lowest BCUT2D eigenvalue weighted by Gasteiger charge is -2.29. The number of benzene rings is 3. The number of aryl methyl sites for hydroxylation is 1. The number of fused-ring (bicyclic) bond motifs is 1. The zero-order valence-corrected chi connectivity index (χ0v) is 19.5. The van der Waals surface area contributed by atoms with Crippen LogP contribution in [0.1, 0.15) is 37.7 Å². The molecule has 3 aromatic carbocycles. The highest BCUT2D eigenvalue weighted by molar-refractivity contribution is 5.89. The summed E-state index contributed by atoms with van der Waals surface area (Å²) in [5, 5.41) is 3.12. The highest BCUT2D eigenvalue weighted by Gasteiger charge is 2.27. The van der Waals surface area contributed by atoms with E-state index in [1.807, 2.05) is 37.3 Å². The van der Waals surface area contributed by atoms with E-state index in [1.165, 1.54) is 17.0 Å².